The predicted octanol–water partition coefficient (Wildman–Crippen LogP) is 14.9. The van der Waals surface area contributed by atoms with E-state index in [1.807, 2.05) is 72.0 Å². The molecular formula is C58H35N3S. The van der Waals surface area contributed by atoms with E-state index in [9.17, 15) is 0 Å². The SMILES string of the molecule is c1ccc(-c2nc(-c3ccccc3)nc(-c3cccc(-c4cccc5c4sc4c(-c6ccc7c(c6)C6(c8ccccc8-c8ccccc86)c6ccccc6-7)cccc45)c3)n2)cc1. The number of rotatable bonds is 5. The van der Waals surface area contributed by atoms with E-state index in [4.69, 9.17) is 15.0 Å². The molecule has 2 aromatic heterocycles. The zero-order valence-corrected chi connectivity index (χ0v) is 34.3. The lowest BCUT2D eigenvalue weighted by molar-refractivity contribution is 0.794. The molecule has 2 heterocycles. The minimum absolute atomic E-state index is 0.385. The van der Waals surface area contributed by atoms with Gasteiger partial charge in [0.05, 0.1) is 5.41 Å². The summed E-state index contributed by atoms with van der Waals surface area (Å²) in [5, 5.41) is 2.53. The van der Waals surface area contributed by atoms with Gasteiger partial charge >= 0.3 is 0 Å². The molecule has 0 saturated heterocycles. The van der Waals surface area contributed by atoms with Crippen molar-refractivity contribution in [3.8, 4) is 78.7 Å². The fourth-order valence-electron chi connectivity index (χ4n) is 10.3. The standard InChI is InChI=1S/C58H35N3S/c1-3-16-36(17-4-1)55-59-56(37-18-5-2-6-19-37)61-57(60-55)40-21-13-20-38(34-40)41-25-14-27-47-48-28-15-26-42(54(48)62-53(41)47)39-32-33-46-45-24-9-12-31-51(45)58(52(46)35-39)49-29-10-7-22-43(49)44-23-8-11-30-50(44)58/h1-35H. The number of nitrogens with zero attached hydrogens (tertiary/aromatic N) is 3. The molecule has 4 heteroatoms. The zero-order valence-electron chi connectivity index (χ0n) is 33.5. The molecule has 2 aliphatic rings. The summed E-state index contributed by atoms with van der Waals surface area (Å²) in [5.41, 5.74) is 18.0. The van der Waals surface area contributed by atoms with Gasteiger partial charge in [0, 0.05) is 36.9 Å². The average Bonchev–Trinajstić information content (AvgIpc) is 3.99. The molecule has 0 N–H and O–H groups in total. The van der Waals surface area contributed by atoms with Crippen LogP contribution in [0.15, 0.2) is 212 Å². The normalized spacial score (nSPS) is 13.0. The van der Waals surface area contributed by atoms with Crippen LogP contribution < -0.4 is 0 Å². The van der Waals surface area contributed by atoms with E-state index < -0.39 is 0 Å². The molecule has 0 radical (unpaired) electrons. The molecule has 0 amide bonds. The second kappa shape index (κ2) is 13.6. The summed E-state index contributed by atoms with van der Waals surface area (Å²) < 4.78 is 2.56. The van der Waals surface area contributed by atoms with Gasteiger partial charge in [-0.3, -0.25) is 0 Å². The van der Waals surface area contributed by atoms with Crippen molar-refractivity contribution in [3.05, 3.63) is 235 Å². The Balaban J connectivity index is 0.962. The maximum absolute atomic E-state index is 5.05. The van der Waals surface area contributed by atoms with Gasteiger partial charge in [0.25, 0.3) is 0 Å². The summed E-state index contributed by atoms with van der Waals surface area (Å²) in [5.74, 6) is 1.96. The van der Waals surface area contributed by atoms with Crippen LogP contribution in [0.4, 0.5) is 0 Å². The van der Waals surface area contributed by atoms with Crippen molar-refractivity contribution in [3.63, 3.8) is 0 Å². The maximum atomic E-state index is 5.05. The molecule has 2 aliphatic carbocycles. The van der Waals surface area contributed by atoms with Crippen molar-refractivity contribution in [1.82, 2.24) is 15.0 Å². The van der Waals surface area contributed by atoms with Crippen LogP contribution in [0, 0.1) is 0 Å². The van der Waals surface area contributed by atoms with Gasteiger partial charge in [-0.05, 0) is 78.9 Å². The first-order valence-corrected chi connectivity index (χ1v) is 21.9. The molecule has 288 valence electrons. The van der Waals surface area contributed by atoms with Crippen molar-refractivity contribution in [2.45, 2.75) is 5.41 Å². The molecule has 3 nitrogen and oxygen atoms in total. The highest BCUT2D eigenvalue weighted by Crippen LogP contribution is 2.63. The molecule has 9 aromatic carbocycles. The zero-order chi connectivity index (χ0) is 40.8. The van der Waals surface area contributed by atoms with Crippen LogP contribution in [-0.2, 0) is 5.41 Å². The Morgan fingerprint density at radius 1 is 0.274 bits per heavy atom. The number of hydrogen-bond acceptors (Lipinski definition) is 4. The van der Waals surface area contributed by atoms with Gasteiger partial charge in [0.1, 0.15) is 0 Å². The second-order valence-corrected chi connectivity index (χ2v) is 17.3. The van der Waals surface area contributed by atoms with E-state index in [-0.39, 0.29) is 5.41 Å². The van der Waals surface area contributed by atoms with Gasteiger partial charge in [0.2, 0.25) is 0 Å². The summed E-state index contributed by atoms with van der Waals surface area (Å²) >= 11 is 1.89. The van der Waals surface area contributed by atoms with Crippen molar-refractivity contribution in [2.75, 3.05) is 0 Å². The summed E-state index contributed by atoms with van der Waals surface area (Å²) in [4.78, 5) is 15.0. The number of hydrogen-bond donors (Lipinski definition) is 0. The Kier molecular flexibility index (Phi) is 7.69. The van der Waals surface area contributed by atoms with Crippen molar-refractivity contribution in [1.29, 1.82) is 0 Å². The quantitative estimate of drug-likeness (QED) is 0.174. The van der Waals surface area contributed by atoms with Crippen LogP contribution in [0.3, 0.4) is 0 Å². The lowest BCUT2D eigenvalue weighted by Gasteiger charge is -2.30. The Labute approximate surface area is 363 Å². The molecule has 0 bridgehead atoms. The van der Waals surface area contributed by atoms with Crippen molar-refractivity contribution < 1.29 is 0 Å². The van der Waals surface area contributed by atoms with Gasteiger partial charge < -0.3 is 0 Å². The van der Waals surface area contributed by atoms with Crippen molar-refractivity contribution >= 4 is 31.5 Å². The third-order valence-electron chi connectivity index (χ3n) is 13.0. The molecule has 0 saturated carbocycles. The van der Waals surface area contributed by atoms with E-state index in [1.165, 1.54) is 81.4 Å². The highest BCUT2D eigenvalue weighted by Gasteiger charge is 2.51. The van der Waals surface area contributed by atoms with Gasteiger partial charge in [-0.15, -0.1) is 11.3 Å². The van der Waals surface area contributed by atoms with Gasteiger partial charge in [-0.25, -0.2) is 15.0 Å². The minimum atomic E-state index is -0.385. The molecule has 62 heavy (non-hydrogen) atoms. The summed E-state index contributed by atoms with van der Waals surface area (Å²) in [6, 6.07) is 76.8. The molecule has 0 aliphatic heterocycles. The highest BCUT2D eigenvalue weighted by atomic mass is 32.1. The van der Waals surface area contributed by atoms with Crippen LogP contribution in [0.5, 0.6) is 0 Å². The molecule has 11 aromatic rings. The fraction of sp³-hybridized carbons (Fsp3) is 0.0172. The van der Waals surface area contributed by atoms with Gasteiger partial charge in [0.15, 0.2) is 17.5 Å². The summed E-state index contributed by atoms with van der Waals surface area (Å²) in [6.45, 7) is 0. The Morgan fingerprint density at radius 3 is 1.19 bits per heavy atom. The number of thiophene rings is 1. The summed E-state index contributed by atoms with van der Waals surface area (Å²) in [6.07, 6.45) is 0. The van der Waals surface area contributed by atoms with E-state index in [0.29, 0.717) is 17.5 Å². The van der Waals surface area contributed by atoms with Crippen LogP contribution in [0.2, 0.25) is 0 Å². The molecule has 0 unspecified atom stereocenters. The monoisotopic (exact) mass is 805 g/mol. The molecule has 1 spiro atoms. The first-order valence-electron chi connectivity index (χ1n) is 21.1. The smallest absolute Gasteiger partial charge is 0.164 e. The lowest BCUT2D eigenvalue weighted by Crippen LogP contribution is -2.25. The van der Waals surface area contributed by atoms with E-state index in [2.05, 4.69) is 152 Å². The Morgan fingerprint density at radius 2 is 0.661 bits per heavy atom. The van der Waals surface area contributed by atoms with E-state index >= 15 is 0 Å². The molecule has 0 atom stereocenters. The second-order valence-electron chi connectivity index (χ2n) is 16.2. The average molecular weight is 806 g/mol. The largest absolute Gasteiger partial charge is 0.208 e. The van der Waals surface area contributed by atoms with Crippen LogP contribution in [0.1, 0.15) is 22.3 Å². The molecule has 0 fully saturated rings. The van der Waals surface area contributed by atoms with Gasteiger partial charge in [-0.2, -0.15) is 0 Å². The van der Waals surface area contributed by atoms with Crippen LogP contribution in [0.25, 0.3) is 98.8 Å². The maximum Gasteiger partial charge on any atom is 0.164 e. The number of benzene rings is 9. The minimum Gasteiger partial charge on any atom is -0.208 e. The number of aromatic nitrogens is 3. The van der Waals surface area contributed by atoms with Crippen LogP contribution in [-0.4, -0.2) is 15.0 Å². The Hall–Kier alpha value is -7.79. The number of fused-ring (bicyclic) bond motifs is 13. The first-order chi connectivity index (χ1) is 30.7. The fourth-order valence-corrected chi connectivity index (χ4v) is 11.7. The summed E-state index contributed by atoms with van der Waals surface area (Å²) in [7, 11) is 0. The van der Waals surface area contributed by atoms with E-state index in [1.54, 1.807) is 0 Å². The lowest BCUT2D eigenvalue weighted by atomic mass is 9.70. The van der Waals surface area contributed by atoms with Crippen LogP contribution >= 0.6 is 11.3 Å². The molecule has 13 rings (SSSR count). The Bertz CT molecular complexity index is 3470. The highest BCUT2D eigenvalue weighted by molar-refractivity contribution is 7.26. The van der Waals surface area contributed by atoms with Crippen molar-refractivity contribution in [2.24, 2.45) is 0 Å². The van der Waals surface area contributed by atoms with E-state index in [0.717, 1.165) is 22.3 Å². The topological polar surface area (TPSA) is 38.7 Å². The predicted molar refractivity (Wildman–Crippen MR) is 256 cm³/mol. The molecular weight excluding hydrogens is 771 g/mol. The first kappa shape index (κ1) is 35.0. The van der Waals surface area contributed by atoms with Gasteiger partial charge in [-0.1, -0.05) is 200 Å². The third-order valence-corrected chi connectivity index (χ3v) is 14.3. The third kappa shape index (κ3) is 5.08.